The molecule has 1 aromatic heterocycles. The van der Waals surface area contributed by atoms with Crippen LogP contribution in [0.25, 0.3) is 0 Å². The van der Waals surface area contributed by atoms with Crippen molar-refractivity contribution in [3.8, 4) is 5.75 Å². The van der Waals surface area contributed by atoms with E-state index >= 15 is 0 Å². The van der Waals surface area contributed by atoms with E-state index in [-0.39, 0.29) is 30.2 Å². The Morgan fingerprint density at radius 1 is 1.07 bits per heavy atom. The summed E-state index contributed by atoms with van der Waals surface area (Å²) >= 11 is 0. The lowest BCUT2D eigenvalue weighted by Crippen LogP contribution is -2.60. The molecule has 0 saturated carbocycles. The first-order valence-corrected chi connectivity index (χ1v) is 14.6. The van der Waals surface area contributed by atoms with Crippen molar-refractivity contribution in [3.63, 3.8) is 0 Å². The van der Waals surface area contributed by atoms with Crippen molar-refractivity contribution >= 4 is 23.4 Å². The normalized spacial score (nSPS) is 17.1. The maximum absolute atomic E-state index is 14.0. The molecule has 2 aliphatic rings. The highest BCUT2D eigenvalue weighted by atomic mass is 16.5. The number of piperidine rings is 1. The Bertz CT molecular complexity index is 1350. The zero-order valence-electron chi connectivity index (χ0n) is 24.6. The molecule has 0 radical (unpaired) electrons. The molecule has 2 N–H and O–H groups in total. The summed E-state index contributed by atoms with van der Waals surface area (Å²) in [5.74, 6) is 0.522. The van der Waals surface area contributed by atoms with Crippen molar-refractivity contribution in [3.05, 3.63) is 78.4 Å². The Morgan fingerprint density at radius 2 is 1.79 bits per heavy atom. The minimum atomic E-state index is -0.724. The molecule has 2 fully saturated rings. The number of hydrogen-bond acceptors (Lipinski definition) is 6. The Morgan fingerprint density at radius 3 is 2.40 bits per heavy atom. The molecular formula is C32H40N6O4. The van der Waals surface area contributed by atoms with Crippen molar-refractivity contribution in [2.75, 3.05) is 31.8 Å². The number of H-pyrrole nitrogens is 1. The molecule has 0 aliphatic carbocycles. The van der Waals surface area contributed by atoms with Gasteiger partial charge in [-0.3, -0.25) is 14.4 Å². The quantitative estimate of drug-likeness (QED) is 0.386. The number of benzene rings is 2. The molecule has 222 valence electrons. The molecule has 2 saturated heterocycles. The fourth-order valence-electron chi connectivity index (χ4n) is 6.00. The average Bonchev–Trinajstić information content (AvgIpc) is 3.63. The SMILES string of the molecule is COc1ccc(C[C@@H](NC(=O)CCc2cnc[nH]2)C(=O)N2CCC3(CC2)C(=O)N(C(C)C)CN3c2ccccc2)cc1. The van der Waals surface area contributed by atoms with E-state index in [4.69, 9.17) is 4.74 Å². The third kappa shape index (κ3) is 6.12. The number of anilines is 1. The number of amides is 3. The molecule has 3 aromatic rings. The zero-order chi connectivity index (χ0) is 29.7. The summed E-state index contributed by atoms with van der Waals surface area (Å²) in [4.78, 5) is 53.7. The molecule has 0 unspecified atom stereocenters. The van der Waals surface area contributed by atoms with Gasteiger partial charge in [0.05, 0.1) is 20.1 Å². The molecule has 1 atom stereocenters. The number of likely N-dealkylation sites (tertiary alicyclic amines) is 1. The van der Waals surface area contributed by atoms with Crippen LogP contribution in [0.2, 0.25) is 0 Å². The molecule has 10 nitrogen and oxygen atoms in total. The first kappa shape index (κ1) is 29.2. The first-order valence-electron chi connectivity index (χ1n) is 14.6. The Kier molecular flexibility index (Phi) is 8.80. The fraction of sp³-hybridized carbons (Fsp3) is 0.438. The van der Waals surface area contributed by atoms with Crippen LogP contribution in [0.5, 0.6) is 5.75 Å². The number of imidazole rings is 1. The largest absolute Gasteiger partial charge is 0.497 e. The van der Waals surface area contributed by atoms with Crippen LogP contribution in [-0.2, 0) is 27.2 Å². The minimum Gasteiger partial charge on any atom is -0.497 e. The van der Waals surface area contributed by atoms with E-state index in [0.29, 0.717) is 45.4 Å². The molecule has 3 heterocycles. The number of aromatic nitrogens is 2. The fourth-order valence-corrected chi connectivity index (χ4v) is 6.00. The number of para-hydroxylation sites is 1. The summed E-state index contributed by atoms with van der Waals surface area (Å²) in [5.41, 5.74) is 2.10. The highest BCUT2D eigenvalue weighted by Crippen LogP contribution is 2.40. The molecule has 1 spiro atoms. The molecule has 10 heteroatoms. The maximum Gasteiger partial charge on any atom is 0.250 e. The van der Waals surface area contributed by atoms with E-state index in [9.17, 15) is 14.4 Å². The second-order valence-corrected chi connectivity index (χ2v) is 11.4. The van der Waals surface area contributed by atoms with Crippen molar-refractivity contribution in [2.45, 2.75) is 63.6 Å². The number of hydrogen-bond donors (Lipinski definition) is 2. The van der Waals surface area contributed by atoms with Gasteiger partial charge in [-0.15, -0.1) is 0 Å². The Labute approximate surface area is 247 Å². The van der Waals surface area contributed by atoms with E-state index in [1.807, 2.05) is 78.2 Å². The van der Waals surface area contributed by atoms with Crippen LogP contribution in [0, 0.1) is 0 Å². The van der Waals surface area contributed by atoms with Crippen LogP contribution < -0.4 is 15.0 Å². The highest BCUT2D eigenvalue weighted by molar-refractivity contribution is 5.94. The predicted octanol–water partition coefficient (Wildman–Crippen LogP) is 3.15. The number of methoxy groups -OCH3 is 1. The first-order chi connectivity index (χ1) is 20.3. The van der Waals surface area contributed by atoms with E-state index in [0.717, 1.165) is 22.7 Å². The van der Waals surface area contributed by atoms with Gasteiger partial charge in [-0.1, -0.05) is 30.3 Å². The number of nitrogens with one attached hydrogen (secondary N) is 2. The number of carbonyl (C=O) groups is 3. The molecule has 5 rings (SSSR count). The monoisotopic (exact) mass is 572 g/mol. The van der Waals surface area contributed by atoms with Crippen molar-refractivity contribution in [2.24, 2.45) is 0 Å². The van der Waals surface area contributed by atoms with Gasteiger partial charge in [0.2, 0.25) is 17.7 Å². The predicted molar refractivity (Wildman–Crippen MR) is 160 cm³/mol. The van der Waals surface area contributed by atoms with Crippen LogP contribution in [0.15, 0.2) is 67.1 Å². The molecule has 2 aromatic carbocycles. The van der Waals surface area contributed by atoms with Crippen LogP contribution >= 0.6 is 0 Å². The van der Waals surface area contributed by atoms with Gasteiger partial charge >= 0.3 is 0 Å². The number of aromatic amines is 1. The van der Waals surface area contributed by atoms with Gasteiger partial charge in [-0.25, -0.2) is 4.98 Å². The maximum atomic E-state index is 14.0. The van der Waals surface area contributed by atoms with Gasteiger partial charge in [0.25, 0.3) is 0 Å². The molecule has 42 heavy (non-hydrogen) atoms. The van der Waals surface area contributed by atoms with Gasteiger partial charge in [-0.05, 0) is 62.9 Å². The summed E-state index contributed by atoms with van der Waals surface area (Å²) in [5, 5.41) is 3.00. The van der Waals surface area contributed by atoms with Crippen molar-refractivity contribution in [1.82, 2.24) is 25.1 Å². The van der Waals surface area contributed by atoms with Crippen molar-refractivity contribution in [1.29, 1.82) is 0 Å². The van der Waals surface area contributed by atoms with Crippen LogP contribution in [0.1, 0.15) is 44.4 Å². The number of carbonyl (C=O) groups excluding carboxylic acids is 3. The van der Waals surface area contributed by atoms with Crippen LogP contribution in [0.3, 0.4) is 0 Å². The van der Waals surface area contributed by atoms with Crippen LogP contribution in [-0.4, -0.2) is 82.0 Å². The Balaban J connectivity index is 1.31. The summed E-state index contributed by atoms with van der Waals surface area (Å²) in [6.07, 6.45) is 5.43. The molecular weight excluding hydrogens is 532 g/mol. The zero-order valence-corrected chi connectivity index (χ0v) is 24.6. The number of aryl methyl sites for hydroxylation is 1. The van der Waals surface area contributed by atoms with Gasteiger partial charge in [0, 0.05) is 49.6 Å². The lowest BCUT2D eigenvalue weighted by atomic mass is 9.85. The summed E-state index contributed by atoms with van der Waals surface area (Å²) in [6, 6.07) is 16.9. The highest BCUT2D eigenvalue weighted by Gasteiger charge is 2.54. The Hall–Kier alpha value is -4.34. The molecule has 2 aliphatic heterocycles. The molecule has 3 amide bonds. The van der Waals surface area contributed by atoms with E-state index in [1.165, 1.54) is 0 Å². The van der Waals surface area contributed by atoms with Crippen LogP contribution in [0.4, 0.5) is 5.69 Å². The van der Waals surface area contributed by atoms with E-state index < -0.39 is 11.6 Å². The second-order valence-electron chi connectivity index (χ2n) is 11.4. The number of ether oxygens (including phenoxy) is 1. The summed E-state index contributed by atoms with van der Waals surface area (Å²) in [6.45, 7) is 5.47. The number of rotatable bonds is 10. The van der Waals surface area contributed by atoms with Gasteiger partial charge in [0.1, 0.15) is 17.3 Å². The standard InChI is InChI=1S/C32H40N6O4/c1-23(2)37-22-38(26-7-5-4-6-8-26)32(31(37)41)15-17-36(18-16-32)30(40)28(19-24-9-12-27(42-3)13-10-24)35-29(39)14-11-25-20-33-21-34-25/h4-10,12-13,20-21,23,28H,11,14-19,22H2,1-3H3,(H,33,34)(H,35,39)/t28-/m1/s1. The summed E-state index contributed by atoms with van der Waals surface area (Å²) in [7, 11) is 1.61. The van der Waals surface area contributed by atoms with Crippen molar-refractivity contribution < 1.29 is 19.1 Å². The second kappa shape index (κ2) is 12.7. The number of nitrogens with zero attached hydrogens (tertiary/aromatic N) is 4. The van der Waals surface area contributed by atoms with Gasteiger partial charge in [-0.2, -0.15) is 0 Å². The van der Waals surface area contributed by atoms with E-state index in [1.54, 1.807) is 19.6 Å². The summed E-state index contributed by atoms with van der Waals surface area (Å²) < 4.78 is 5.28. The lowest BCUT2D eigenvalue weighted by Gasteiger charge is -2.44. The lowest BCUT2D eigenvalue weighted by molar-refractivity contribution is -0.141. The topological polar surface area (TPSA) is 111 Å². The van der Waals surface area contributed by atoms with E-state index in [2.05, 4.69) is 20.2 Å². The van der Waals surface area contributed by atoms with Gasteiger partial charge < -0.3 is 29.7 Å². The minimum absolute atomic E-state index is 0.0774. The smallest absolute Gasteiger partial charge is 0.250 e. The van der Waals surface area contributed by atoms with Gasteiger partial charge in [0.15, 0.2) is 0 Å². The third-order valence-electron chi connectivity index (χ3n) is 8.47. The molecule has 0 bridgehead atoms. The third-order valence-corrected chi connectivity index (χ3v) is 8.47. The average molecular weight is 573 g/mol.